The van der Waals surface area contributed by atoms with Crippen molar-refractivity contribution in [3.8, 4) is 0 Å². The Labute approximate surface area is 161 Å². The number of aromatic amines is 1. The van der Waals surface area contributed by atoms with E-state index in [0.29, 0.717) is 22.4 Å². The van der Waals surface area contributed by atoms with Gasteiger partial charge in [0.15, 0.2) is 17.3 Å². The number of carbonyl (C=O) groups is 1. The number of aliphatic imine (C=N–C) groups is 1. The first-order valence-electron chi connectivity index (χ1n) is 8.58. The van der Waals surface area contributed by atoms with Crippen molar-refractivity contribution < 1.29 is 18.7 Å². The van der Waals surface area contributed by atoms with E-state index in [1.54, 1.807) is 6.92 Å². The van der Waals surface area contributed by atoms with Crippen molar-refractivity contribution in [2.45, 2.75) is 40.2 Å². The van der Waals surface area contributed by atoms with Gasteiger partial charge in [0.05, 0.1) is 23.7 Å². The summed E-state index contributed by atoms with van der Waals surface area (Å²) in [5.41, 5.74) is 0.484. The van der Waals surface area contributed by atoms with Crippen molar-refractivity contribution in [1.82, 2.24) is 20.5 Å². The highest BCUT2D eigenvalue weighted by Crippen LogP contribution is 2.25. The van der Waals surface area contributed by atoms with Gasteiger partial charge in [-0.25, -0.2) is 18.8 Å². The van der Waals surface area contributed by atoms with Gasteiger partial charge in [0.2, 0.25) is 0 Å². The number of allylic oxidation sites excluding steroid dienone is 2. The van der Waals surface area contributed by atoms with Gasteiger partial charge < -0.3 is 10.4 Å². The molecule has 0 aliphatic rings. The quantitative estimate of drug-likeness (QED) is 0.493. The number of H-pyrrole nitrogens is 1. The van der Waals surface area contributed by atoms with Crippen LogP contribution in [0.2, 0.25) is 0 Å². The first-order chi connectivity index (χ1) is 13.0. The second kappa shape index (κ2) is 8.28. The highest BCUT2D eigenvalue weighted by atomic mass is 19.1. The maximum atomic E-state index is 14.4. The van der Waals surface area contributed by atoms with Gasteiger partial charge in [-0.1, -0.05) is 27.4 Å². The van der Waals surface area contributed by atoms with Gasteiger partial charge in [0.1, 0.15) is 11.5 Å². The zero-order valence-electron chi connectivity index (χ0n) is 16.2. The normalized spacial score (nSPS) is 14.6. The molecule has 0 aliphatic carbocycles. The highest BCUT2D eigenvalue weighted by molar-refractivity contribution is 6.07. The number of rotatable bonds is 7. The van der Waals surface area contributed by atoms with Crippen molar-refractivity contribution in [2.24, 2.45) is 10.4 Å². The molecule has 0 aliphatic heterocycles. The van der Waals surface area contributed by atoms with E-state index in [4.69, 9.17) is 0 Å². The third-order valence-corrected chi connectivity index (χ3v) is 4.15. The summed E-state index contributed by atoms with van der Waals surface area (Å²) in [6, 6.07) is 0.653. The van der Waals surface area contributed by atoms with Crippen LogP contribution in [-0.2, 0) is 4.79 Å². The Morgan fingerprint density at radius 3 is 2.75 bits per heavy atom. The van der Waals surface area contributed by atoms with Crippen molar-refractivity contribution in [2.75, 3.05) is 0 Å². The molecule has 0 radical (unpaired) electrons. The van der Waals surface area contributed by atoms with E-state index in [1.165, 1.54) is 6.07 Å². The molecule has 0 unspecified atom stereocenters. The lowest BCUT2D eigenvalue weighted by Crippen LogP contribution is -2.41. The minimum Gasteiger partial charge on any atom is -0.481 e. The zero-order valence-corrected chi connectivity index (χ0v) is 16.2. The van der Waals surface area contributed by atoms with Crippen LogP contribution in [0.25, 0.3) is 11.0 Å². The zero-order chi connectivity index (χ0) is 21.1. The van der Waals surface area contributed by atoms with Crippen LogP contribution in [0, 0.1) is 11.2 Å². The average molecular weight is 391 g/mol. The summed E-state index contributed by atoms with van der Waals surface area (Å²) in [7, 11) is 0. The van der Waals surface area contributed by atoms with Crippen LogP contribution in [0.4, 0.5) is 8.78 Å². The maximum Gasteiger partial charge on any atom is 0.305 e. The molecule has 2 aromatic heterocycles. The third kappa shape index (κ3) is 4.99. The van der Waals surface area contributed by atoms with Crippen molar-refractivity contribution in [3.63, 3.8) is 0 Å². The van der Waals surface area contributed by atoms with Crippen LogP contribution >= 0.6 is 0 Å². The third-order valence-electron chi connectivity index (χ3n) is 4.15. The number of aliphatic carboxylic acids is 1. The molecule has 2 heterocycles. The molecular formula is C19H23F2N5O2. The van der Waals surface area contributed by atoms with Crippen molar-refractivity contribution in [3.05, 3.63) is 48.1 Å². The van der Waals surface area contributed by atoms with Crippen LogP contribution in [0.1, 0.15) is 39.8 Å². The lowest BCUT2D eigenvalue weighted by molar-refractivity contribution is -0.138. The van der Waals surface area contributed by atoms with E-state index in [2.05, 4.69) is 32.1 Å². The smallest absolute Gasteiger partial charge is 0.305 e. The van der Waals surface area contributed by atoms with E-state index in [-0.39, 0.29) is 12.2 Å². The highest BCUT2D eigenvalue weighted by Gasteiger charge is 2.28. The van der Waals surface area contributed by atoms with Crippen LogP contribution in [0.15, 0.2) is 41.6 Å². The number of halogens is 2. The number of pyridine rings is 1. The number of nitrogens with zero attached hydrogens (tertiary/aromatic N) is 3. The van der Waals surface area contributed by atoms with E-state index in [1.807, 2.05) is 20.8 Å². The monoisotopic (exact) mass is 391 g/mol. The van der Waals surface area contributed by atoms with Gasteiger partial charge in [-0.05, 0) is 24.5 Å². The van der Waals surface area contributed by atoms with E-state index < -0.39 is 29.1 Å². The average Bonchev–Trinajstić information content (AvgIpc) is 3.01. The van der Waals surface area contributed by atoms with Gasteiger partial charge in [0, 0.05) is 6.04 Å². The Bertz CT molecular complexity index is 957. The SMILES string of the molecule is C=C/C(F)=C(\N=C(/C)c1n[nH]c2ncc(F)cc12)N[C@H](CC(=O)O)C(C)(C)C. The molecule has 2 aromatic rings. The molecule has 28 heavy (non-hydrogen) atoms. The topological polar surface area (TPSA) is 103 Å². The molecule has 150 valence electrons. The number of hydrogen-bond donors (Lipinski definition) is 3. The number of carboxylic acid groups (broad SMARTS) is 1. The number of aromatic nitrogens is 3. The molecule has 0 saturated carbocycles. The summed E-state index contributed by atoms with van der Waals surface area (Å²) in [6.45, 7) is 10.5. The van der Waals surface area contributed by atoms with Gasteiger partial charge >= 0.3 is 5.97 Å². The summed E-state index contributed by atoms with van der Waals surface area (Å²) in [5.74, 6) is -2.48. The lowest BCUT2D eigenvalue weighted by atomic mass is 9.85. The van der Waals surface area contributed by atoms with Crippen LogP contribution in [0.5, 0.6) is 0 Å². The molecule has 1 atom stereocenters. The Morgan fingerprint density at radius 2 is 2.18 bits per heavy atom. The Hall–Kier alpha value is -3.10. The predicted molar refractivity (Wildman–Crippen MR) is 103 cm³/mol. The van der Waals surface area contributed by atoms with Crippen molar-refractivity contribution >= 4 is 22.7 Å². The lowest BCUT2D eigenvalue weighted by Gasteiger charge is -2.31. The fourth-order valence-electron chi connectivity index (χ4n) is 2.54. The first kappa shape index (κ1) is 21.2. The predicted octanol–water partition coefficient (Wildman–Crippen LogP) is 3.71. The molecular weight excluding hydrogens is 368 g/mol. The summed E-state index contributed by atoms with van der Waals surface area (Å²) >= 11 is 0. The summed E-state index contributed by atoms with van der Waals surface area (Å²) in [5, 5.41) is 19.2. The largest absolute Gasteiger partial charge is 0.481 e. The Morgan fingerprint density at radius 1 is 1.50 bits per heavy atom. The van der Waals surface area contributed by atoms with E-state index in [0.717, 1.165) is 12.3 Å². The molecule has 0 spiro atoms. The van der Waals surface area contributed by atoms with Crippen LogP contribution in [0.3, 0.4) is 0 Å². The Kier molecular flexibility index (Phi) is 6.27. The van der Waals surface area contributed by atoms with E-state index >= 15 is 0 Å². The summed E-state index contributed by atoms with van der Waals surface area (Å²) in [4.78, 5) is 19.3. The molecule has 0 amide bonds. The molecule has 0 fully saturated rings. The summed E-state index contributed by atoms with van der Waals surface area (Å²) in [6.07, 6.45) is 1.80. The van der Waals surface area contributed by atoms with Gasteiger partial charge in [-0.2, -0.15) is 5.10 Å². The molecule has 0 saturated heterocycles. The standard InChI is InChI=1S/C19H23F2N5O2/c1-6-13(21)18(24-14(8-15(27)28)19(3,4)5)23-10(2)16-12-7-11(20)9-22-17(12)26-25-16/h6-7,9,14,24H,1,8H2,2-5H3,(H,27,28)(H,22,25,26)/b18-13-,23-10+/t14-/m1/s1. The fourth-order valence-corrected chi connectivity index (χ4v) is 2.54. The van der Waals surface area contributed by atoms with Crippen LogP contribution in [-0.4, -0.2) is 38.0 Å². The number of carboxylic acids is 1. The minimum atomic E-state index is -1.02. The molecule has 2 rings (SSSR count). The molecule has 0 aromatic carbocycles. The van der Waals surface area contributed by atoms with Gasteiger partial charge in [-0.3, -0.25) is 9.89 Å². The first-order valence-corrected chi connectivity index (χ1v) is 8.58. The van der Waals surface area contributed by atoms with Gasteiger partial charge in [0.25, 0.3) is 0 Å². The molecule has 3 N–H and O–H groups in total. The maximum absolute atomic E-state index is 14.4. The fraction of sp³-hybridized carbons (Fsp3) is 0.368. The number of fused-ring (bicyclic) bond motifs is 1. The molecule has 7 nitrogen and oxygen atoms in total. The van der Waals surface area contributed by atoms with E-state index in [9.17, 15) is 18.7 Å². The summed E-state index contributed by atoms with van der Waals surface area (Å²) < 4.78 is 27.9. The second-order valence-corrected chi connectivity index (χ2v) is 7.38. The Balaban J connectivity index is 2.46. The van der Waals surface area contributed by atoms with Crippen molar-refractivity contribution in [1.29, 1.82) is 0 Å². The minimum absolute atomic E-state index is 0.172. The second-order valence-electron chi connectivity index (χ2n) is 7.38. The number of nitrogens with one attached hydrogen (secondary N) is 2. The van der Waals surface area contributed by atoms with Gasteiger partial charge in [-0.15, -0.1) is 0 Å². The molecule has 0 bridgehead atoms. The van der Waals surface area contributed by atoms with Crippen LogP contribution < -0.4 is 5.32 Å². The number of hydrogen-bond acceptors (Lipinski definition) is 5. The molecule has 9 heteroatoms.